The van der Waals surface area contributed by atoms with Crippen LogP contribution >= 0.6 is 0 Å². The van der Waals surface area contributed by atoms with E-state index < -0.39 is 0 Å². The molecule has 0 unspecified atom stereocenters. The Morgan fingerprint density at radius 1 is 1.07 bits per heavy atom. The van der Waals surface area contributed by atoms with Crippen molar-refractivity contribution in [1.82, 2.24) is 14.9 Å². The standard InChI is InChI=1S/C22H24N4O3/c1-3-26(4-2)22(29)15-8-7-9-16(14-15)23-20(27)13-12-19-24-18-11-6-5-10-17(18)21(28)25-19/h5-11,14H,3-4,12-13H2,1-2H3,(H,23,27)(H,24,25,28). The summed E-state index contributed by atoms with van der Waals surface area (Å²) in [7, 11) is 0. The van der Waals surface area contributed by atoms with E-state index in [4.69, 9.17) is 0 Å². The molecule has 150 valence electrons. The number of carbonyl (C=O) groups is 2. The van der Waals surface area contributed by atoms with Crippen molar-refractivity contribution < 1.29 is 9.59 Å². The highest BCUT2D eigenvalue weighted by molar-refractivity contribution is 5.97. The lowest BCUT2D eigenvalue weighted by atomic mass is 10.1. The van der Waals surface area contributed by atoms with Gasteiger partial charge in [-0.05, 0) is 44.2 Å². The molecule has 0 bridgehead atoms. The van der Waals surface area contributed by atoms with Crippen LogP contribution in [0.1, 0.15) is 36.5 Å². The molecular weight excluding hydrogens is 368 g/mol. The van der Waals surface area contributed by atoms with Gasteiger partial charge < -0.3 is 15.2 Å². The Hall–Kier alpha value is -3.48. The van der Waals surface area contributed by atoms with Gasteiger partial charge in [0, 0.05) is 37.2 Å². The number of aromatic nitrogens is 2. The Bertz CT molecular complexity index is 1090. The molecule has 0 spiro atoms. The van der Waals surface area contributed by atoms with Gasteiger partial charge in [-0.25, -0.2) is 4.98 Å². The molecule has 2 N–H and O–H groups in total. The highest BCUT2D eigenvalue weighted by atomic mass is 16.2. The Kier molecular flexibility index (Phi) is 6.39. The van der Waals surface area contributed by atoms with E-state index >= 15 is 0 Å². The molecule has 0 fully saturated rings. The quantitative estimate of drug-likeness (QED) is 0.646. The van der Waals surface area contributed by atoms with Crippen molar-refractivity contribution in [2.45, 2.75) is 26.7 Å². The van der Waals surface area contributed by atoms with E-state index in [1.165, 1.54) is 0 Å². The summed E-state index contributed by atoms with van der Waals surface area (Å²) in [6, 6.07) is 14.0. The molecule has 2 amide bonds. The second-order valence-corrected chi connectivity index (χ2v) is 6.64. The third kappa shape index (κ3) is 4.87. The maximum absolute atomic E-state index is 12.5. The number of hydrogen-bond donors (Lipinski definition) is 2. The normalized spacial score (nSPS) is 10.7. The molecule has 29 heavy (non-hydrogen) atoms. The van der Waals surface area contributed by atoms with Crippen molar-refractivity contribution in [3.63, 3.8) is 0 Å². The summed E-state index contributed by atoms with van der Waals surface area (Å²) in [4.78, 5) is 45.8. The van der Waals surface area contributed by atoms with Crippen LogP contribution in [-0.4, -0.2) is 39.8 Å². The average Bonchev–Trinajstić information content (AvgIpc) is 2.73. The molecule has 0 saturated carbocycles. The summed E-state index contributed by atoms with van der Waals surface area (Å²) in [6.07, 6.45) is 0.472. The molecule has 0 aliphatic rings. The maximum Gasteiger partial charge on any atom is 0.258 e. The summed E-state index contributed by atoms with van der Waals surface area (Å²) in [6.45, 7) is 5.11. The van der Waals surface area contributed by atoms with Crippen LogP contribution in [0.15, 0.2) is 53.3 Å². The van der Waals surface area contributed by atoms with E-state index in [0.717, 1.165) is 0 Å². The van der Waals surface area contributed by atoms with Crippen LogP contribution in [0.25, 0.3) is 10.9 Å². The first-order chi connectivity index (χ1) is 14.0. The number of nitrogens with zero attached hydrogens (tertiary/aromatic N) is 2. The Balaban J connectivity index is 1.65. The second-order valence-electron chi connectivity index (χ2n) is 6.64. The van der Waals surface area contributed by atoms with Gasteiger partial charge >= 0.3 is 0 Å². The number of benzene rings is 2. The smallest absolute Gasteiger partial charge is 0.258 e. The van der Waals surface area contributed by atoms with E-state index in [0.29, 0.717) is 47.5 Å². The largest absolute Gasteiger partial charge is 0.339 e. The zero-order chi connectivity index (χ0) is 20.8. The van der Waals surface area contributed by atoms with E-state index in [1.54, 1.807) is 47.4 Å². The van der Waals surface area contributed by atoms with Crippen LogP contribution in [0.3, 0.4) is 0 Å². The number of rotatable bonds is 7. The molecular formula is C22H24N4O3. The Morgan fingerprint density at radius 3 is 2.59 bits per heavy atom. The number of fused-ring (bicyclic) bond motifs is 1. The van der Waals surface area contributed by atoms with Gasteiger partial charge in [0.05, 0.1) is 10.9 Å². The average molecular weight is 392 g/mol. The number of nitrogens with one attached hydrogen (secondary N) is 2. The summed E-state index contributed by atoms with van der Waals surface area (Å²) in [5.74, 6) is 0.187. The number of aryl methyl sites for hydroxylation is 1. The molecule has 2 aromatic carbocycles. The van der Waals surface area contributed by atoms with Crippen LogP contribution in [0.5, 0.6) is 0 Å². The summed E-state index contributed by atoms with van der Waals surface area (Å²) < 4.78 is 0. The van der Waals surface area contributed by atoms with Crippen LogP contribution < -0.4 is 10.9 Å². The van der Waals surface area contributed by atoms with Crippen LogP contribution in [0.4, 0.5) is 5.69 Å². The minimum absolute atomic E-state index is 0.0657. The van der Waals surface area contributed by atoms with Crippen molar-refractivity contribution >= 4 is 28.4 Å². The molecule has 7 heteroatoms. The molecule has 7 nitrogen and oxygen atoms in total. The lowest BCUT2D eigenvalue weighted by Crippen LogP contribution is -2.30. The fourth-order valence-corrected chi connectivity index (χ4v) is 3.13. The molecule has 0 aliphatic carbocycles. The van der Waals surface area contributed by atoms with Crippen molar-refractivity contribution in [2.24, 2.45) is 0 Å². The topological polar surface area (TPSA) is 95.2 Å². The van der Waals surface area contributed by atoms with E-state index in [1.807, 2.05) is 19.9 Å². The number of carbonyl (C=O) groups excluding carboxylic acids is 2. The van der Waals surface area contributed by atoms with Gasteiger partial charge in [0.25, 0.3) is 11.5 Å². The fraction of sp³-hybridized carbons (Fsp3) is 0.273. The zero-order valence-electron chi connectivity index (χ0n) is 16.6. The first-order valence-corrected chi connectivity index (χ1v) is 9.69. The SMILES string of the molecule is CCN(CC)C(=O)c1cccc(NC(=O)CCc2nc3ccccc3c(=O)[nH]2)c1. The van der Waals surface area contributed by atoms with E-state index in [9.17, 15) is 14.4 Å². The Labute approximate surface area is 168 Å². The number of anilines is 1. The van der Waals surface area contributed by atoms with E-state index in [-0.39, 0.29) is 23.8 Å². The monoisotopic (exact) mass is 392 g/mol. The molecule has 0 aliphatic heterocycles. The molecule has 1 aromatic heterocycles. The van der Waals surface area contributed by atoms with Gasteiger partial charge in [0.2, 0.25) is 5.91 Å². The number of aromatic amines is 1. The number of para-hydroxylation sites is 1. The highest BCUT2D eigenvalue weighted by Gasteiger charge is 2.13. The summed E-state index contributed by atoms with van der Waals surface area (Å²) in [5.41, 5.74) is 1.49. The maximum atomic E-state index is 12.5. The molecule has 3 rings (SSSR count). The van der Waals surface area contributed by atoms with Crippen LogP contribution in [0, 0.1) is 0 Å². The molecule has 1 heterocycles. The predicted molar refractivity (Wildman–Crippen MR) is 113 cm³/mol. The minimum atomic E-state index is -0.215. The first-order valence-electron chi connectivity index (χ1n) is 9.69. The fourth-order valence-electron chi connectivity index (χ4n) is 3.13. The van der Waals surface area contributed by atoms with Crippen molar-refractivity contribution in [3.8, 4) is 0 Å². The van der Waals surface area contributed by atoms with Crippen molar-refractivity contribution in [2.75, 3.05) is 18.4 Å². The van der Waals surface area contributed by atoms with Crippen molar-refractivity contribution in [3.05, 3.63) is 70.3 Å². The highest BCUT2D eigenvalue weighted by Crippen LogP contribution is 2.14. The van der Waals surface area contributed by atoms with E-state index in [2.05, 4.69) is 15.3 Å². The molecule has 0 saturated heterocycles. The Morgan fingerprint density at radius 2 is 1.83 bits per heavy atom. The van der Waals surface area contributed by atoms with Crippen LogP contribution in [-0.2, 0) is 11.2 Å². The van der Waals surface area contributed by atoms with Gasteiger partial charge in [-0.15, -0.1) is 0 Å². The summed E-state index contributed by atoms with van der Waals surface area (Å²) >= 11 is 0. The second kappa shape index (κ2) is 9.14. The molecule has 3 aromatic rings. The van der Waals surface area contributed by atoms with Gasteiger partial charge in [-0.1, -0.05) is 18.2 Å². The van der Waals surface area contributed by atoms with Crippen molar-refractivity contribution in [1.29, 1.82) is 0 Å². The predicted octanol–water partition coefficient (Wildman–Crippen LogP) is 2.98. The third-order valence-corrected chi connectivity index (χ3v) is 4.69. The summed E-state index contributed by atoms with van der Waals surface area (Å²) in [5, 5.41) is 3.33. The first kappa shape index (κ1) is 20.3. The van der Waals surface area contributed by atoms with Gasteiger partial charge in [-0.2, -0.15) is 0 Å². The third-order valence-electron chi connectivity index (χ3n) is 4.69. The lowest BCUT2D eigenvalue weighted by molar-refractivity contribution is -0.116. The zero-order valence-corrected chi connectivity index (χ0v) is 16.6. The lowest BCUT2D eigenvalue weighted by Gasteiger charge is -2.19. The number of amides is 2. The minimum Gasteiger partial charge on any atom is -0.339 e. The number of hydrogen-bond acceptors (Lipinski definition) is 4. The van der Waals surface area contributed by atoms with Crippen LogP contribution in [0.2, 0.25) is 0 Å². The van der Waals surface area contributed by atoms with Gasteiger partial charge in [-0.3, -0.25) is 14.4 Å². The number of H-pyrrole nitrogens is 1. The van der Waals surface area contributed by atoms with Gasteiger partial charge in [0.15, 0.2) is 0 Å². The van der Waals surface area contributed by atoms with Gasteiger partial charge in [0.1, 0.15) is 5.82 Å². The molecule has 0 radical (unpaired) electrons. The molecule has 0 atom stereocenters.